The number of benzene rings is 2. The first-order valence-electron chi connectivity index (χ1n) is 10.1. The third kappa shape index (κ3) is 4.03. The van der Waals surface area contributed by atoms with Crippen molar-refractivity contribution in [2.24, 2.45) is 0 Å². The Morgan fingerprint density at radius 1 is 1.00 bits per heavy atom. The van der Waals surface area contributed by atoms with Crippen LogP contribution in [0.1, 0.15) is 58.8 Å². The molecule has 1 saturated carbocycles. The van der Waals surface area contributed by atoms with Gasteiger partial charge in [-0.25, -0.2) is 4.79 Å². The predicted molar refractivity (Wildman–Crippen MR) is 111 cm³/mol. The number of hydrogen-bond acceptors (Lipinski definition) is 2. The maximum atomic E-state index is 13.2. The lowest BCUT2D eigenvalue weighted by Crippen LogP contribution is -2.31. The van der Waals surface area contributed by atoms with Gasteiger partial charge in [-0.3, -0.25) is 4.79 Å². The van der Waals surface area contributed by atoms with E-state index in [-0.39, 0.29) is 18.0 Å². The summed E-state index contributed by atoms with van der Waals surface area (Å²) in [5.41, 5.74) is 4.98. The van der Waals surface area contributed by atoms with Crippen LogP contribution in [0.5, 0.6) is 0 Å². The van der Waals surface area contributed by atoms with Gasteiger partial charge in [-0.1, -0.05) is 24.3 Å². The highest BCUT2D eigenvalue weighted by Crippen LogP contribution is 2.34. The Morgan fingerprint density at radius 2 is 1.82 bits per heavy atom. The summed E-state index contributed by atoms with van der Waals surface area (Å²) in [5.74, 6) is 0.0204. The van der Waals surface area contributed by atoms with Crippen LogP contribution >= 0.6 is 0 Å². The van der Waals surface area contributed by atoms with E-state index < -0.39 is 0 Å². The molecule has 2 aromatic carbocycles. The first-order chi connectivity index (χ1) is 13.5. The smallest absolute Gasteiger partial charge is 0.319 e. The highest BCUT2D eigenvalue weighted by Gasteiger charge is 2.31. The molecule has 1 aliphatic carbocycles. The van der Waals surface area contributed by atoms with Gasteiger partial charge >= 0.3 is 6.03 Å². The van der Waals surface area contributed by atoms with Crippen LogP contribution < -0.4 is 10.6 Å². The third-order valence-electron chi connectivity index (χ3n) is 5.71. The number of carbonyl (C=O) groups is 2. The molecule has 5 heteroatoms. The third-order valence-corrected chi connectivity index (χ3v) is 5.71. The molecule has 0 bridgehead atoms. The van der Waals surface area contributed by atoms with E-state index in [2.05, 4.69) is 42.7 Å². The number of anilines is 1. The maximum Gasteiger partial charge on any atom is 0.319 e. The number of likely N-dealkylation sites (tertiary alicyclic amines) is 1. The largest absolute Gasteiger partial charge is 0.335 e. The first-order valence-corrected chi connectivity index (χ1v) is 10.1. The van der Waals surface area contributed by atoms with Crippen molar-refractivity contribution in [3.8, 4) is 0 Å². The van der Waals surface area contributed by atoms with Crippen molar-refractivity contribution in [1.29, 1.82) is 0 Å². The molecule has 0 spiro atoms. The fourth-order valence-corrected chi connectivity index (χ4v) is 3.80. The molecule has 1 aliphatic heterocycles. The molecule has 2 aromatic rings. The lowest BCUT2D eigenvalue weighted by atomic mass is 9.99. The van der Waals surface area contributed by atoms with E-state index in [9.17, 15) is 9.59 Å². The molecule has 2 fully saturated rings. The van der Waals surface area contributed by atoms with Crippen LogP contribution in [0, 0.1) is 13.8 Å². The van der Waals surface area contributed by atoms with Gasteiger partial charge in [-0.05, 0) is 74.4 Å². The molecule has 3 amide bonds. The normalized spacial score (nSPS) is 18.8. The topological polar surface area (TPSA) is 61.4 Å². The highest BCUT2D eigenvalue weighted by molar-refractivity contribution is 5.97. The Labute approximate surface area is 166 Å². The zero-order valence-corrected chi connectivity index (χ0v) is 16.5. The molecule has 1 heterocycles. The van der Waals surface area contributed by atoms with Crippen LogP contribution in [0.15, 0.2) is 42.5 Å². The fraction of sp³-hybridized carbons (Fsp3) is 0.391. The van der Waals surface area contributed by atoms with E-state index in [1.165, 1.54) is 16.7 Å². The molecule has 4 rings (SSSR count). The van der Waals surface area contributed by atoms with Gasteiger partial charge in [0.25, 0.3) is 5.91 Å². The summed E-state index contributed by atoms with van der Waals surface area (Å²) in [7, 11) is 0. The molecule has 2 aliphatic rings. The van der Waals surface area contributed by atoms with Crippen LogP contribution in [0.3, 0.4) is 0 Å². The van der Waals surface area contributed by atoms with Gasteiger partial charge in [0.05, 0.1) is 6.04 Å². The fourth-order valence-electron chi connectivity index (χ4n) is 3.80. The summed E-state index contributed by atoms with van der Waals surface area (Å²) in [5, 5.41) is 5.73. The number of urea groups is 1. The Bertz CT molecular complexity index is 904. The summed E-state index contributed by atoms with van der Waals surface area (Å²) >= 11 is 0. The van der Waals surface area contributed by atoms with Gasteiger partial charge in [-0.15, -0.1) is 0 Å². The van der Waals surface area contributed by atoms with E-state index in [1.807, 2.05) is 23.1 Å². The van der Waals surface area contributed by atoms with E-state index in [0.717, 1.165) is 32.2 Å². The SMILES string of the molecule is Cc1ccc(C2CCCN2C(=O)c2cccc(NC(=O)NC3CC3)c2)cc1C. The molecule has 1 atom stereocenters. The number of nitrogens with one attached hydrogen (secondary N) is 2. The number of aryl methyl sites for hydroxylation is 2. The molecule has 5 nitrogen and oxygen atoms in total. The lowest BCUT2D eigenvalue weighted by molar-refractivity contribution is 0.0735. The Morgan fingerprint density at radius 3 is 2.57 bits per heavy atom. The standard InChI is InChI=1S/C23H27N3O2/c1-15-8-9-17(13-16(15)2)21-7-4-12-26(21)22(27)18-5-3-6-20(14-18)25-23(28)24-19-10-11-19/h3,5-6,8-9,13-14,19,21H,4,7,10-12H2,1-2H3,(H2,24,25,28). The Kier molecular flexibility index (Phi) is 5.07. The van der Waals surface area contributed by atoms with Gasteiger partial charge in [0, 0.05) is 23.8 Å². The molecule has 1 unspecified atom stereocenters. The summed E-state index contributed by atoms with van der Waals surface area (Å²) < 4.78 is 0. The van der Waals surface area contributed by atoms with Crippen molar-refractivity contribution in [1.82, 2.24) is 10.2 Å². The van der Waals surface area contributed by atoms with E-state index in [1.54, 1.807) is 6.07 Å². The van der Waals surface area contributed by atoms with Gasteiger partial charge in [-0.2, -0.15) is 0 Å². The quantitative estimate of drug-likeness (QED) is 0.820. The van der Waals surface area contributed by atoms with Crippen molar-refractivity contribution in [2.45, 2.75) is 51.6 Å². The lowest BCUT2D eigenvalue weighted by Gasteiger charge is -2.26. The number of hydrogen-bond donors (Lipinski definition) is 2. The summed E-state index contributed by atoms with van der Waals surface area (Å²) in [6, 6.07) is 13.9. The zero-order chi connectivity index (χ0) is 19.7. The van der Waals surface area contributed by atoms with Crippen LogP contribution in [-0.2, 0) is 0 Å². The van der Waals surface area contributed by atoms with Crippen molar-refractivity contribution in [3.63, 3.8) is 0 Å². The van der Waals surface area contributed by atoms with Crippen LogP contribution in [0.4, 0.5) is 10.5 Å². The van der Waals surface area contributed by atoms with Crippen LogP contribution in [-0.4, -0.2) is 29.4 Å². The first kappa shape index (κ1) is 18.5. The molecular formula is C23H27N3O2. The number of carbonyl (C=O) groups excluding carboxylic acids is 2. The van der Waals surface area contributed by atoms with E-state index in [0.29, 0.717) is 17.3 Å². The van der Waals surface area contributed by atoms with Crippen molar-refractivity contribution >= 4 is 17.6 Å². The maximum absolute atomic E-state index is 13.2. The monoisotopic (exact) mass is 377 g/mol. The minimum atomic E-state index is -0.207. The second kappa shape index (κ2) is 7.66. The van der Waals surface area contributed by atoms with Crippen LogP contribution in [0.25, 0.3) is 0 Å². The molecule has 2 N–H and O–H groups in total. The van der Waals surface area contributed by atoms with Crippen molar-refractivity contribution < 1.29 is 9.59 Å². The molecule has 0 radical (unpaired) electrons. The molecular weight excluding hydrogens is 350 g/mol. The van der Waals surface area contributed by atoms with Crippen molar-refractivity contribution in [3.05, 3.63) is 64.7 Å². The van der Waals surface area contributed by atoms with Gasteiger partial charge < -0.3 is 15.5 Å². The van der Waals surface area contributed by atoms with E-state index in [4.69, 9.17) is 0 Å². The molecule has 146 valence electrons. The molecule has 28 heavy (non-hydrogen) atoms. The van der Waals surface area contributed by atoms with Gasteiger partial charge in [0.1, 0.15) is 0 Å². The highest BCUT2D eigenvalue weighted by atomic mass is 16.2. The molecule has 0 aromatic heterocycles. The summed E-state index contributed by atoms with van der Waals surface area (Å²) in [6.45, 7) is 4.98. The molecule has 1 saturated heterocycles. The second-order valence-electron chi connectivity index (χ2n) is 7.95. The predicted octanol–water partition coefficient (Wildman–Crippen LogP) is 4.56. The number of nitrogens with zero attached hydrogens (tertiary/aromatic N) is 1. The number of amides is 3. The Balaban J connectivity index is 1.50. The van der Waals surface area contributed by atoms with Gasteiger partial charge in [0.2, 0.25) is 0 Å². The average Bonchev–Trinajstić information content (AvgIpc) is 3.35. The zero-order valence-electron chi connectivity index (χ0n) is 16.5. The summed E-state index contributed by atoms with van der Waals surface area (Å²) in [6.07, 6.45) is 4.07. The minimum absolute atomic E-state index is 0.0204. The van der Waals surface area contributed by atoms with E-state index >= 15 is 0 Å². The van der Waals surface area contributed by atoms with Crippen LogP contribution in [0.2, 0.25) is 0 Å². The average molecular weight is 377 g/mol. The summed E-state index contributed by atoms with van der Waals surface area (Å²) in [4.78, 5) is 27.2. The van der Waals surface area contributed by atoms with Gasteiger partial charge in [0.15, 0.2) is 0 Å². The van der Waals surface area contributed by atoms with Crippen molar-refractivity contribution in [2.75, 3.05) is 11.9 Å². The minimum Gasteiger partial charge on any atom is -0.335 e. The number of rotatable bonds is 4. The Hall–Kier alpha value is -2.82. The second-order valence-corrected chi connectivity index (χ2v) is 7.95.